The number of aromatic nitrogens is 1. The molecule has 4 rings (SSSR count). The lowest BCUT2D eigenvalue weighted by Gasteiger charge is -2.30. The van der Waals surface area contributed by atoms with Crippen molar-refractivity contribution in [3.8, 4) is 16.5 Å². The molecule has 202 valence electrons. The number of nitriles is 1. The van der Waals surface area contributed by atoms with E-state index in [2.05, 4.69) is 15.6 Å². The molecule has 3 atom stereocenters. The maximum absolute atomic E-state index is 13.6. The van der Waals surface area contributed by atoms with E-state index in [4.69, 9.17) is 0 Å². The van der Waals surface area contributed by atoms with Gasteiger partial charge in [0.1, 0.15) is 12.1 Å². The number of benzene rings is 2. The van der Waals surface area contributed by atoms with Crippen molar-refractivity contribution in [3.05, 3.63) is 76.4 Å². The number of aliphatic hydroxyl groups is 1. The van der Waals surface area contributed by atoms with Crippen LogP contribution < -0.4 is 10.6 Å². The quantitative estimate of drug-likeness (QED) is 0.398. The largest absolute Gasteiger partial charge is 0.391 e. The highest BCUT2D eigenvalue weighted by Gasteiger charge is 2.42. The van der Waals surface area contributed by atoms with Crippen LogP contribution in [-0.4, -0.2) is 57.4 Å². The van der Waals surface area contributed by atoms with E-state index in [9.17, 15) is 24.8 Å². The molecule has 3 aromatic rings. The lowest BCUT2D eigenvalue weighted by Crippen LogP contribution is -2.55. The molecular weight excluding hydrogens is 514 g/mol. The Bertz CT molecular complexity index is 1400. The van der Waals surface area contributed by atoms with Crippen molar-refractivity contribution < 1.29 is 19.5 Å². The second kappa shape index (κ2) is 12.2. The Kier molecular flexibility index (Phi) is 8.74. The van der Waals surface area contributed by atoms with E-state index < -0.39 is 30.0 Å². The van der Waals surface area contributed by atoms with Gasteiger partial charge in [-0.3, -0.25) is 14.4 Å². The second-order valence-corrected chi connectivity index (χ2v) is 10.8. The van der Waals surface area contributed by atoms with Crippen molar-refractivity contribution in [1.82, 2.24) is 20.5 Å². The fourth-order valence-electron chi connectivity index (χ4n) is 4.66. The first-order valence-corrected chi connectivity index (χ1v) is 13.6. The number of β-amino-alcohol motifs (C(OH)–C–C–N with tert-alkyl or cyclic N) is 1. The smallest absolute Gasteiger partial charge is 0.253 e. The standard InChI is InChI=1S/C29H31N5O4S/c1-17(2)25(33-27(36)23-7-5-4-6-21(23)13-30)29(38)34-15-22(35)12-24(34)28(37)31-14-19-8-10-20(11-9-19)26-18(3)32-16-39-26/h4-11,16-17,22,24-25,35H,12,14-15H2,1-3H3,(H,31,37)(H,33,36)/t22-,24+,25+/m1/s1. The van der Waals surface area contributed by atoms with E-state index in [-0.39, 0.29) is 42.5 Å². The summed E-state index contributed by atoms with van der Waals surface area (Å²) in [6.45, 7) is 5.80. The molecule has 39 heavy (non-hydrogen) atoms. The summed E-state index contributed by atoms with van der Waals surface area (Å²) in [6.07, 6.45) is -0.744. The summed E-state index contributed by atoms with van der Waals surface area (Å²) in [6, 6.07) is 14.4. The molecule has 0 aliphatic carbocycles. The van der Waals surface area contributed by atoms with Crippen LogP contribution in [0.15, 0.2) is 54.0 Å². The van der Waals surface area contributed by atoms with Gasteiger partial charge in [0.15, 0.2) is 0 Å². The minimum Gasteiger partial charge on any atom is -0.391 e. The number of nitrogens with zero attached hydrogens (tertiary/aromatic N) is 3. The zero-order valence-electron chi connectivity index (χ0n) is 22.0. The molecular formula is C29H31N5O4S. The molecule has 3 amide bonds. The molecule has 1 saturated heterocycles. The van der Waals surface area contributed by atoms with Gasteiger partial charge >= 0.3 is 0 Å². The molecule has 10 heteroatoms. The van der Waals surface area contributed by atoms with Crippen molar-refractivity contribution in [1.29, 1.82) is 5.26 Å². The molecule has 1 aliphatic heterocycles. The Morgan fingerprint density at radius 2 is 1.90 bits per heavy atom. The van der Waals surface area contributed by atoms with Gasteiger partial charge in [-0.05, 0) is 36.1 Å². The molecule has 2 heterocycles. The van der Waals surface area contributed by atoms with E-state index in [0.29, 0.717) is 0 Å². The van der Waals surface area contributed by atoms with E-state index in [1.54, 1.807) is 37.3 Å². The first-order valence-electron chi connectivity index (χ1n) is 12.7. The number of aryl methyl sites for hydroxylation is 1. The third-order valence-corrected chi connectivity index (χ3v) is 7.78. The number of thiazole rings is 1. The highest BCUT2D eigenvalue weighted by atomic mass is 32.1. The second-order valence-electron chi connectivity index (χ2n) is 9.93. The Morgan fingerprint density at radius 3 is 2.54 bits per heavy atom. The predicted molar refractivity (Wildman–Crippen MR) is 148 cm³/mol. The summed E-state index contributed by atoms with van der Waals surface area (Å²) < 4.78 is 0. The summed E-state index contributed by atoms with van der Waals surface area (Å²) in [7, 11) is 0. The molecule has 0 radical (unpaired) electrons. The first kappa shape index (κ1) is 28.0. The van der Waals surface area contributed by atoms with Gasteiger partial charge in [0, 0.05) is 19.5 Å². The summed E-state index contributed by atoms with van der Waals surface area (Å²) in [5.74, 6) is -1.66. The van der Waals surface area contributed by atoms with Crippen LogP contribution in [0.25, 0.3) is 10.4 Å². The Balaban J connectivity index is 1.43. The van der Waals surface area contributed by atoms with Crippen molar-refractivity contribution in [3.63, 3.8) is 0 Å². The van der Waals surface area contributed by atoms with Crippen LogP contribution in [-0.2, 0) is 16.1 Å². The molecule has 3 N–H and O–H groups in total. The number of rotatable bonds is 8. The molecule has 1 aliphatic rings. The van der Waals surface area contributed by atoms with Crippen LogP contribution in [0.4, 0.5) is 0 Å². The molecule has 1 fully saturated rings. The summed E-state index contributed by atoms with van der Waals surface area (Å²) in [5, 5.41) is 25.3. The highest BCUT2D eigenvalue weighted by Crippen LogP contribution is 2.27. The van der Waals surface area contributed by atoms with Crippen molar-refractivity contribution in [2.24, 2.45) is 5.92 Å². The minimum atomic E-state index is -0.937. The number of aliphatic hydroxyl groups excluding tert-OH is 1. The van der Waals surface area contributed by atoms with Gasteiger partial charge in [0.05, 0.1) is 39.4 Å². The van der Waals surface area contributed by atoms with Crippen LogP contribution in [0.5, 0.6) is 0 Å². The molecule has 0 bridgehead atoms. The topological polar surface area (TPSA) is 135 Å². The van der Waals surface area contributed by atoms with Crippen LogP contribution in [0, 0.1) is 24.2 Å². The number of nitrogens with one attached hydrogen (secondary N) is 2. The van der Waals surface area contributed by atoms with Gasteiger partial charge in [0.25, 0.3) is 5.91 Å². The van der Waals surface area contributed by atoms with Crippen LogP contribution in [0.3, 0.4) is 0 Å². The SMILES string of the molecule is Cc1ncsc1-c1ccc(CNC(=O)[C@@H]2C[C@@H](O)CN2C(=O)[C@@H](NC(=O)c2ccccc2C#N)C(C)C)cc1. The van der Waals surface area contributed by atoms with E-state index >= 15 is 0 Å². The number of carbonyl (C=O) groups excluding carboxylic acids is 3. The summed E-state index contributed by atoms with van der Waals surface area (Å²) >= 11 is 1.57. The van der Waals surface area contributed by atoms with Crippen molar-refractivity contribution >= 4 is 29.1 Å². The number of carbonyl (C=O) groups is 3. The lowest BCUT2D eigenvalue weighted by atomic mass is 10.0. The van der Waals surface area contributed by atoms with Gasteiger partial charge in [-0.25, -0.2) is 4.98 Å². The minimum absolute atomic E-state index is 0.00626. The van der Waals surface area contributed by atoms with Gasteiger partial charge in [-0.1, -0.05) is 50.2 Å². The molecule has 2 aromatic carbocycles. The number of amides is 3. The molecule has 0 spiro atoms. The van der Waals surface area contributed by atoms with E-state index in [1.807, 2.05) is 42.8 Å². The highest BCUT2D eigenvalue weighted by molar-refractivity contribution is 7.13. The average molecular weight is 546 g/mol. The zero-order chi connectivity index (χ0) is 28.1. The molecule has 1 aromatic heterocycles. The number of likely N-dealkylation sites (tertiary alicyclic amines) is 1. The van der Waals surface area contributed by atoms with Gasteiger partial charge in [-0.2, -0.15) is 5.26 Å². The Hall–Kier alpha value is -4.07. The molecule has 0 unspecified atom stereocenters. The summed E-state index contributed by atoms with van der Waals surface area (Å²) in [5.41, 5.74) is 5.10. The third-order valence-electron chi connectivity index (χ3n) is 6.80. The van der Waals surface area contributed by atoms with Gasteiger partial charge in [-0.15, -0.1) is 11.3 Å². The van der Waals surface area contributed by atoms with Gasteiger partial charge in [0.2, 0.25) is 11.8 Å². The van der Waals surface area contributed by atoms with E-state index in [0.717, 1.165) is 21.7 Å². The predicted octanol–water partition coefficient (Wildman–Crippen LogP) is 3.02. The zero-order valence-corrected chi connectivity index (χ0v) is 22.9. The first-order chi connectivity index (χ1) is 18.7. The average Bonchev–Trinajstić information content (AvgIpc) is 3.55. The van der Waals surface area contributed by atoms with Crippen molar-refractivity contribution in [2.75, 3.05) is 6.54 Å². The van der Waals surface area contributed by atoms with Crippen molar-refractivity contribution in [2.45, 2.75) is 51.9 Å². The maximum atomic E-state index is 13.6. The van der Waals surface area contributed by atoms with Crippen LogP contribution in [0.2, 0.25) is 0 Å². The Morgan fingerprint density at radius 1 is 1.18 bits per heavy atom. The summed E-state index contributed by atoms with van der Waals surface area (Å²) in [4.78, 5) is 46.4. The maximum Gasteiger partial charge on any atom is 0.253 e. The molecule has 9 nitrogen and oxygen atoms in total. The van der Waals surface area contributed by atoms with Crippen LogP contribution >= 0.6 is 11.3 Å². The third kappa shape index (κ3) is 6.33. The van der Waals surface area contributed by atoms with E-state index in [1.165, 1.54) is 17.0 Å². The fourth-order valence-corrected chi connectivity index (χ4v) is 5.47. The lowest BCUT2D eigenvalue weighted by molar-refractivity contribution is -0.140. The number of hydrogen-bond donors (Lipinski definition) is 3. The monoisotopic (exact) mass is 545 g/mol. The fraction of sp³-hybridized carbons (Fsp3) is 0.345. The van der Waals surface area contributed by atoms with Crippen LogP contribution in [0.1, 0.15) is 47.4 Å². The van der Waals surface area contributed by atoms with Gasteiger partial charge < -0.3 is 20.6 Å². The number of hydrogen-bond acceptors (Lipinski definition) is 7. The normalized spacial score (nSPS) is 17.5. The Labute approximate surface area is 231 Å². The molecule has 0 saturated carbocycles.